The first-order valence-electron chi connectivity index (χ1n) is 6.52. The van der Waals surface area contributed by atoms with Gasteiger partial charge < -0.3 is 10.4 Å². The minimum Gasteiger partial charge on any atom is -0.394 e. The van der Waals surface area contributed by atoms with Gasteiger partial charge in [-0.2, -0.15) is 0 Å². The molecule has 0 spiro atoms. The Morgan fingerprint density at radius 2 is 2.10 bits per heavy atom. The fraction of sp³-hybridized carbons (Fsp3) is 0.400. The van der Waals surface area contributed by atoms with E-state index in [9.17, 15) is 14.3 Å². The average Bonchev–Trinajstić information content (AvgIpc) is 2.46. The first-order chi connectivity index (χ1) is 9.46. The van der Waals surface area contributed by atoms with Crippen LogP contribution < -0.4 is 5.32 Å². The molecule has 1 aromatic carbocycles. The number of hydrogen-bond acceptors (Lipinski definition) is 2. The van der Waals surface area contributed by atoms with Gasteiger partial charge in [-0.15, -0.1) is 0 Å². The van der Waals surface area contributed by atoms with Crippen LogP contribution in [0.25, 0.3) is 6.08 Å². The van der Waals surface area contributed by atoms with Crippen molar-refractivity contribution in [1.29, 1.82) is 0 Å². The highest BCUT2D eigenvalue weighted by Crippen LogP contribution is 2.17. The van der Waals surface area contributed by atoms with Gasteiger partial charge in [0.1, 0.15) is 5.82 Å². The summed E-state index contributed by atoms with van der Waals surface area (Å²) in [6.07, 6.45) is 4.18. The summed E-state index contributed by atoms with van der Waals surface area (Å²) in [4.78, 5) is 11.8. The van der Waals surface area contributed by atoms with Crippen molar-refractivity contribution in [2.75, 3.05) is 6.61 Å². The van der Waals surface area contributed by atoms with Crippen molar-refractivity contribution >= 4 is 23.6 Å². The van der Waals surface area contributed by atoms with Gasteiger partial charge in [0.2, 0.25) is 5.91 Å². The van der Waals surface area contributed by atoms with E-state index in [1.807, 2.05) is 13.8 Å². The fourth-order valence-corrected chi connectivity index (χ4v) is 1.97. The number of rotatable bonds is 6. The summed E-state index contributed by atoms with van der Waals surface area (Å²) < 4.78 is 13.0. The highest BCUT2D eigenvalue weighted by atomic mass is 35.5. The van der Waals surface area contributed by atoms with Crippen LogP contribution in [0.3, 0.4) is 0 Å². The minimum atomic E-state index is -0.595. The molecule has 1 rings (SSSR count). The zero-order chi connectivity index (χ0) is 15.2. The molecule has 20 heavy (non-hydrogen) atoms. The molecule has 0 saturated carbocycles. The molecule has 3 nitrogen and oxygen atoms in total. The van der Waals surface area contributed by atoms with Crippen LogP contribution in [0.4, 0.5) is 4.39 Å². The Labute approximate surface area is 123 Å². The topological polar surface area (TPSA) is 49.3 Å². The molecule has 0 aromatic heterocycles. The Kier molecular flexibility index (Phi) is 6.17. The lowest BCUT2D eigenvalue weighted by molar-refractivity contribution is -0.119. The second kappa shape index (κ2) is 7.41. The Balaban J connectivity index is 2.74. The largest absolute Gasteiger partial charge is 0.394 e. The van der Waals surface area contributed by atoms with E-state index in [0.717, 1.165) is 0 Å². The number of hydrogen-bond donors (Lipinski definition) is 2. The second-order valence-corrected chi connectivity index (χ2v) is 5.05. The summed E-state index contributed by atoms with van der Waals surface area (Å²) in [5, 5.41) is 12.2. The average molecular weight is 300 g/mol. The number of carbonyl (C=O) groups excluding carboxylic acids is 1. The van der Waals surface area contributed by atoms with E-state index in [4.69, 9.17) is 11.6 Å². The van der Waals surface area contributed by atoms with Crippen LogP contribution in [-0.2, 0) is 4.79 Å². The van der Waals surface area contributed by atoms with Gasteiger partial charge in [0.15, 0.2) is 0 Å². The van der Waals surface area contributed by atoms with Crippen molar-refractivity contribution in [3.8, 4) is 0 Å². The summed E-state index contributed by atoms with van der Waals surface area (Å²) in [6, 6.07) is 4.22. The monoisotopic (exact) mass is 299 g/mol. The number of nitrogens with one attached hydrogen (secondary N) is 1. The van der Waals surface area contributed by atoms with Crippen LogP contribution in [-0.4, -0.2) is 23.2 Å². The highest BCUT2D eigenvalue weighted by molar-refractivity contribution is 6.30. The lowest BCUT2D eigenvalue weighted by Crippen LogP contribution is -2.49. The molecule has 0 aliphatic carbocycles. The van der Waals surface area contributed by atoms with Crippen LogP contribution in [0.5, 0.6) is 0 Å². The first-order valence-corrected chi connectivity index (χ1v) is 6.90. The van der Waals surface area contributed by atoms with E-state index < -0.39 is 11.4 Å². The molecule has 0 heterocycles. The molecule has 0 aliphatic heterocycles. The maximum Gasteiger partial charge on any atom is 0.244 e. The number of halogens is 2. The molecular weight excluding hydrogens is 281 g/mol. The molecule has 1 aromatic rings. The number of carbonyl (C=O) groups is 1. The fourth-order valence-electron chi connectivity index (χ4n) is 1.78. The molecule has 0 aliphatic rings. The molecule has 0 bridgehead atoms. The zero-order valence-corrected chi connectivity index (χ0v) is 12.4. The lowest BCUT2D eigenvalue weighted by atomic mass is 9.94. The molecule has 2 N–H and O–H groups in total. The summed E-state index contributed by atoms with van der Waals surface area (Å²) in [5.74, 6) is -0.798. The molecule has 0 saturated heterocycles. The van der Waals surface area contributed by atoms with Crippen molar-refractivity contribution in [2.45, 2.75) is 32.2 Å². The van der Waals surface area contributed by atoms with E-state index in [-0.39, 0.29) is 17.5 Å². The van der Waals surface area contributed by atoms with E-state index >= 15 is 0 Å². The highest BCUT2D eigenvalue weighted by Gasteiger charge is 2.26. The van der Waals surface area contributed by atoms with Crippen molar-refractivity contribution in [3.63, 3.8) is 0 Å². The predicted molar refractivity (Wildman–Crippen MR) is 79.0 cm³/mol. The summed E-state index contributed by atoms with van der Waals surface area (Å²) in [5.41, 5.74) is 0.0381. The molecule has 0 unspecified atom stereocenters. The Morgan fingerprint density at radius 1 is 1.45 bits per heavy atom. The van der Waals surface area contributed by atoms with Gasteiger partial charge in [-0.05, 0) is 36.6 Å². The van der Waals surface area contributed by atoms with Gasteiger partial charge in [0.05, 0.1) is 17.2 Å². The molecule has 110 valence electrons. The second-order valence-electron chi connectivity index (χ2n) is 4.64. The SMILES string of the molecule is CCC(CC)(CO)NC(=O)C=Cc1ccc(F)c(Cl)c1. The minimum absolute atomic E-state index is 0.0133. The number of aliphatic hydroxyl groups excluding tert-OH is 1. The Morgan fingerprint density at radius 3 is 2.60 bits per heavy atom. The molecule has 0 atom stereocenters. The van der Waals surface area contributed by atoms with Crippen molar-refractivity contribution in [3.05, 3.63) is 40.7 Å². The van der Waals surface area contributed by atoms with Gasteiger partial charge in [-0.25, -0.2) is 4.39 Å². The van der Waals surface area contributed by atoms with Gasteiger partial charge in [0.25, 0.3) is 0 Å². The van der Waals surface area contributed by atoms with Gasteiger partial charge in [-0.1, -0.05) is 31.5 Å². The maximum absolute atomic E-state index is 13.0. The third-order valence-electron chi connectivity index (χ3n) is 3.42. The van der Waals surface area contributed by atoms with Gasteiger partial charge >= 0.3 is 0 Å². The lowest BCUT2D eigenvalue weighted by Gasteiger charge is -2.30. The van der Waals surface area contributed by atoms with Crippen LogP contribution in [0.1, 0.15) is 32.3 Å². The number of amides is 1. The Bertz CT molecular complexity index is 490. The molecule has 1 amide bonds. The predicted octanol–water partition coefficient (Wildman–Crippen LogP) is 3.16. The standard InChI is InChI=1S/C15H19ClFNO2/c1-3-15(4-2,10-19)18-14(20)8-6-11-5-7-13(17)12(16)9-11/h5-9,19H,3-4,10H2,1-2H3,(H,18,20). The summed E-state index contributed by atoms with van der Waals surface area (Å²) >= 11 is 5.66. The molecule has 0 fully saturated rings. The molecule has 5 heteroatoms. The van der Waals surface area contributed by atoms with E-state index in [2.05, 4.69) is 5.32 Å². The van der Waals surface area contributed by atoms with E-state index in [1.54, 1.807) is 6.08 Å². The molecular formula is C15H19ClFNO2. The van der Waals surface area contributed by atoms with E-state index in [0.29, 0.717) is 18.4 Å². The smallest absolute Gasteiger partial charge is 0.244 e. The van der Waals surface area contributed by atoms with Crippen molar-refractivity contribution in [2.24, 2.45) is 0 Å². The maximum atomic E-state index is 13.0. The number of aliphatic hydroxyl groups is 1. The first kappa shape index (κ1) is 16.7. The van der Waals surface area contributed by atoms with Gasteiger partial charge in [-0.3, -0.25) is 4.79 Å². The summed E-state index contributed by atoms with van der Waals surface area (Å²) in [7, 11) is 0. The summed E-state index contributed by atoms with van der Waals surface area (Å²) in [6.45, 7) is 3.70. The van der Waals surface area contributed by atoms with Crippen LogP contribution in [0.15, 0.2) is 24.3 Å². The normalized spacial score (nSPS) is 11.8. The molecule has 0 radical (unpaired) electrons. The van der Waals surface area contributed by atoms with E-state index in [1.165, 1.54) is 24.3 Å². The third-order valence-corrected chi connectivity index (χ3v) is 3.71. The number of benzene rings is 1. The van der Waals surface area contributed by atoms with Crippen LogP contribution in [0, 0.1) is 5.82 Å². The van der Waals surface area contributed by atoms with Crippen molar-refractivity contribution < 1.29 is 14.3 Å². The van der Waals surface area contributed by atoms with Crippen LogP contribution in [0.2, 0.25) is 5.02 Å². The van der Waals surface area contributed by atoms with Crippen LogP contribution >= 0.6 is 11.6 Å². The third kappa shape index (κ3) is 4.32. The zero-order valence-electron chi connectivity index (χ0n) is 11.6. The van der Waals surface area contributed by atoms with Gasteiger partial charge in [0, 0.05) is 6.08 Å². The van der Waals surface area contributed by atoms with Crippen molar-refractivity contribution in [1.82, 2.24) is 5.32 Å². The Hall–Kier alpha value is -1.39. The quantitative estimate of drug-likeness (QED) is 0.793.